The average molecular weight is 265 g/mol. The highest BCUT2D eigenvalue weighted by molar-refractivity contribution is 5.94. The Morgan fingerprint density at radius 3 is 2.47 bits per heavy atom. The molecule has 0 aliphatic carbocycles. The molecule has 0 fully saturated rings. The van der Waals surface area contributed by atoms with Crippen molar-refractivity contribution in [2.45, 2.75) is 26.9 Å². The molecule has 1 aromatic heterocycles. The zero-order valence-corrected chi connectivity index (χ0v) is 12.3. The number of hydrogen-bond donors (Lipinski definition) is 2. The van der Waals surface area contributed by atoms with Crippen LogP contribution >= 0.6 is 0 Å². The van der Waals surface area contributed by atoms with Crippen molar-refractivity contribution in [3.63, 3.8) is 0 Å². The van der Waals surface area contributed by atoms with E-state index in [2.05, 4.69) is 10.3 Å². The molecule has 0 aromatic carbocycles. The number of aliphatic hydroxyl groups is 1. The van der Waals surface area contributed by atoms with Crippen molar-refractivity contribution in [2.24, 2.45) is 5.41 Å². The van der Waals surface area contributed by atoms with Crippen molar-refractivity contribution in [1.29, 1.82) is 0 Å². The van der Waals surface area contributed by atoms with Gasteiger partial charge in [0.05, 0.1) is 11.7 Å². The Labute approximate surface area is 114 Å². The van der Waals surface area contributed by atoms with Gasteiger partial charge in [-0.15, -0.1) is 0 Å². The van der Waals surface area contributed by atoms with E-state index < -0.39 is 6.10 Å². The highest BCUT2D eigenvalue weighted by atomic mass is 16.3. The Balaban J connectivity index is 2.59. The number of carbonyl (C=O) groups excluding carboxylic acids is 1. The second-order valence-electron chi connectivity index (χ2n) is 5.89. The van der Waals surface area contributed by atoms with Crippen LogP contribution in [0.1, 0.15) is 31.1 Å². The van der Waals surface area contributed by atoms with Gasteiger partial charge in [0.1, 0.15) is 5.82 Å². The molecule has 0 aliphatic heterocycles. The first-order valence-corrected chi connectivity index (χ1v) is 6.31. The SMILES string of the molecule is CN(C)c1ccc(C(=O)NCC(O)C(C)(C)C)cn1. The van der Waals surface area contributed by atoms with Gasteiger partial charge in [-0.1, -0.05) is 20.8 Å². The van der Waals surface area contributed by atoms with Gasteiger partial charge in [0, 0.05) is 26.8 Å². The van der Waals surface area contributed by atoms with Crippen LogP contribution in [0, 0.1) is 5.41 Å². The van der Waals surface area contributed by atoms with Crippen LogP contribution in [0.5, 0.6) is 0 Å². The Bertz CT molecular complexity index is 421. The van der Waals surface area contributed by atoms with E-state index in [0.29, 0.717) is 5.56 Å². The third kappa shape index (κ3) is 4.52. The maximum Gasteiger partial charge on any atom is 0.252 e. The Morgan fingerprint density at radius 1 is 1.42 bits per heavy atom. The van der Waals surface area contributed by atoms with Crippen LogP contribution in [0.4, 0.5) is 5.82 Å². The number of aliphatic hydroxyl groups excluding tert-OH is 1. The Kier molecular flexibility index (Phi) is 4.89. The average Bonchev–Trinajstić information content (AvgIpc) is 2.34. The summed E-state index contributed by atoms with van der Waals surface area (Å²) in [6.45, 7) is 6.02. The van der Waals surface area contributed by atoms with Crippen LogP contribution in [0.3, 0.4) is 0 Å². The fourth-order valence-corrected chi connectivity index (χ4v) is 1.38. The van der Waals surface area contributed by atoms with Crippen molar-refractivity contribution in [1.82, 2.24) is 10.3 Å². The van der Waals surface area contributed by atoms with E-state index in [1.54, 1.807) is 12.1 Å². The van der Waals surface area contributed by atoms with Gasteiger partial charge in [-0.2, -0.15) is 0 Å². The standard InChI is InChI=1S/C14H23N3O2/c1-14(2,3)11(18)9-16-13(19)10-6-7-12(15-8-10)17(4)5/h6-8,11,18H,9H2,1-5H3,(H,16,19). The summed E-state index contributed by atoms with van der Waals surface area (Å²) in [5, 5.41) is 12.6. The molecule has 0 bridgehead atoms. The van der Waals surface area contributed by atoms with Gasteiger partial charge in [-0.3, -0.25) is 4.79 Å². The van der Waals surface area contributed by atoms with Gasteiger partial charge in [0.15, 0.2) is 0 Å². The quantitative estimate of drug-likeness (QED) is 0.861. The van der Waals surface area contributed by atoms with Gasteiger partial charge in [0.25, 0.3) is 5.91 Å². The molecule has 1 aromatic rings. The first-order chi connectivity index (χ1) is 8.71. The fraction of sp³-hybridized carbons (Fsp3) is 0.571. The molecule has 0 aliphatic rings. The lowest BCUT2D eigenvalue weighted by Crippen LogP contribution is -2.39. The lowest BCUT2D eigenvalue weighted by molar-refractivity contribution is 0.0587. The Hall–Kier alpha value is -1.62. The first-order valence-electron chi connectivity index (χ1n) is 6.31. The summed E-state index contributed by atoms with van der Waals surface area (Å²) in [5.74, 6) is 0.576. The van der Waals surface area contributed by atoms with Crippen LogP contribution in [-0.4, -0.2) is 42.7 Å². The highest BCUT2D eigenvalue weighted by Gasteiger charge is 2.22. The number of anilines is 1. The summed E-state index contributed by atoms with van der Waals surface area (Å²) in [4.78, 5) is 17.9. The van der Waals surface area contributed by atoms with E-state index in [-0.39, 0.29) is 17.9 Å². The molecule has 0 saturated heterocycles. The van der Waals surface area contributed by atoms with Crippen molar-refractivity contribution >= 4 is 11.7 Å². The molecule has 5 nitrogen and oxygen atoms in total. The third-order valence-electron chi connectivity index (χ3n) is 2.92. The minimum atomic E-state index is -0.578. The zero-order chi connectivity index (χ0) is 14.6. The number of carbonyl (C=O) groups is 1. The van der Waals surface area contributed by atoms with E-state index in [1.165, 1.54) is 6.20 Å². The molecular weight excluding hydrogens is 242 g/mol. The van der Waals surface area contributed by atoms with Crippen molar-refractivity contribution < 1.29 is 9.90 Å². The van der Waals surface area contributed by atoms with Gasteiger partial charge in [-0.05, 0) is 17.5 Å². The summed E-state index contributed by atoms with van der Waals surface area (Å²) in [7, 11) is 3.78. The molecule has 5 heteroatoms. The van der Waals surface area contributed by atoms with Gasteiger partial charge in [0.2, 0.25) is 0 Å². The van der Waals surface area contributed by atoms with Crippen molar-refractivity contribution in [3.05, 3.63) is 23.9 Å². The maximum absolute atomic E-state index is 11.9. The lowest BCUT2D eigenvalue weighted by Gasteiger charge is -2.25. The van der Waals surface area contributed by atoms with Crippen LogP contribution < -0.4 is 10.2 Å². The molecule has 2 N–H and O–H groups in total. The number of aromatic nitrogens is 1. The molecule has 1 rings (SSSR count). The molecule has 1 atom stereocenters. The topological polar surface area (TPSA) is 65.5 Å². The molecule has 19 heavy (non-hydrogen) atoms. The minimum Gasteiger partial charge on any atom is -0.391 e. The van der Waals surface area contributed by atoms with Crippen molar-refractivity contribution in [3.8, 4) is 0 Å². The molecule has 1 unspecified atom stereocenters. The van der Waals surface area contributed by atoms with Crippen molar-refractivity contribution in [2.75, 3.05) is 25.5 Å². The smallest absolute Gasteiger partial charge is 0.252 e. The fourth-order valence-electron chi connectivity index (χ4n) is 1.38. The van der Waals surface area contributed by atoms with Gasteiger partial charge in [-0.25, -0.2) is 4.98 Å². The predicted molar refractivity (Wildman–Crippen MR) is 76.4 cm³/mol. The van der Waals surface area contributed by atoms with E-state index in [4.69, 9.17) is 0 Å². The lowest BCUT2D eigenvalue weighted by atomic mass is 9.89. The molecule has 0 saturated carbocycles. The summed E-state index contributed by atoms with van der Waals surface area (Å²) in [6, 6.07) is 3.51. The number of amides is 1. The minimum absolute atomic E-state index is 0.221. The summed E-state index contributed by atoms with van der Waals surface area (Å²) < 4.78 is 0. The van der Waals surface area contributed by atoms with Gasteiger partial charge < -0.3 is 15.3 Å². The zero-order valence-electron chi connectivity index (χ0n) is 12.3. The molecular formula is C14H23N3O2. The number of nitrogens with one attached hydrogen (secondary N) is 1. The molecule has 0 spiro atoms. The molecule has 106 valence electrons. The normalized spacial score (nSPS) is 12.9. The second kappa shape index (κ2) is 6.02. The van der Waals surface area contributed by atoms with E-state index in [9.17, 15) is 9.90 Å². The monoisotopic (exact) mass is 265 g/mol. The van der Waals surface area contributed by atoms with Crippen LogP contribution in [0.2, 0.25) is 0 Å². The summed E-state index contributed by atoms with van der Waals surface area (Å²) in [6.07, 6.45) is 0.958. The predicted octanol–water partition coefficient (Wildman–Crippen LogP) is 1.28. The molecule has 1 heterocycles. The van der Waals surface area contributed by atoms with Crippen LogP contribution in [-0.2, 0) is 0 Å². The number of pyridine rings is 1. The van der Waals surface area contributed by atoms with Gasteiger partial charge >= 0.3 is 0 Å². The highest BCUT2D eigenvalue weighted by Crippen LogP contribution is 2.18. The van der Waals surface area contributed by atoms with E-state index in [1.807, 2.05) is 39.8 Å². The third-order valence-corrected chi connectivity index (χ3v) is 2.92. The Morgan fingerprint density at radius 2 is 2.05 bits per heavy atom. The second-order valence-corrected chi connectivity index (χ2v) is 5.89. The van der Waals surface area contributed by atoms with Crippen LogP contribution in [0.15, 0.2) is 18.3 Å². The number of rotatable bonds is 4. The maximum atomic E-state index is 11.9. The number of hydrogen-bond acceptors (Lipinski definition) is 4. The van der Waals surface area contributed by atoms with E-state index >= 15 is 0 Å². The first kappa shape index (κ1) is 15.4. The number of nitrogens with zero attached hydrogens (tertiary/aromatic N) is 2. The van der Waals surface area contributed by atoms with E-state index in [0.717, 1.165) is 5.82 Å². The van der Waals surface area contributed by atoms with Crippen LogP contribution in [0.25, 0.3) is 0 Å². The summed E-state index contributed by atoms with van der Waals surface area (Å²) >= 11 is 0. The largest absolute Gasteiger partial charge is 0.391 e. The molecule has 1 amide bonds. The summed E-state index contributed by atoms with van der Waals surface area (Å²) in [5.41, 5.74) is 0.243. The molecule has 0 radical (unpaired) electrons.